The zero-order valence-corrected chi connectivity index (χ0v) is 12.4. The first-order chi connectivity index (χ1) is 10.2. The summed E-state index contributed by atoms with van der Waals surface area (Å²) in [6, 6.07) is 7.27. The van der Waals surface area contributed by atoms with E-state index in [1.165, 1.54) is 0 Å². The Kier molecular flexibility index (Phi) is 5.00. The van der Waals surface area contributed by atoms with E-state index >= 15 is 0 Å². The Labute approximate surface area is 124 Å². The molecule has 0 saturated carbocycles. The van der Waals surface area contributed by atoms with E-state index in [0.29, 0.717) is 29.2 Å². The van der Waals surface area contributed by atoms with Gasteiger partial charge in [-0.25, -0.2) is 0 Å². The summed E-state index contributed by atoms with van der Waals surface area (Å²) in [4.78, 5) is 3.96. The van der Waals surface area contributed by atoms with E-state index in [0.717, 1.165) is 5.56 Å². The van der Waals surface area contributed by atoms with Gasteiger partial charge in [-0.1, -0.05) is 0 Å². The van der Waals surface area contributed by atoms with Gasteiger partial charge in [-0.15, -0.1) is 0 Å². The number of aliphatic hydroxyl groups is 1. The highest BCUT2D eigenvalue weighted by molar-refractivity contribution is 5.54. The van der Waals surface area contributed by atoms with Gasteiger partial charge in [0, 0.05) is 18.8 Å². The molecular weight excluding hydrogens is 270 g/mol. The predicted octanol–water partition coefficient (Wildman–Crippen LogP) is 2.38. The Morgan fingerprint density at radius 1 is 1.00 bits per heavy atom. The van der Waals surface area contributed by atoms with Crippen LogP contribution in [-0.4, -0.2) is 31.4 Å². The summed E-state index contributed by atoms with van der Waals surface area (Å²) < 4.78 is 15.9. The first kappa shape index (κ1) is 15.1. The number of benzene rings is 1. The standard InChI is InChI=1S/C16H19NO4/c1-19-14-9-12(10-15(20-2)16(14)21-3)13(18)8-11-4-6-17-7-5-11/h4-7,9-10,13,18H,8H2,1-3H3. The highest BCUT2D eigenvalue weighted by atomic mass is 16.5. The quantitative estimate of drug-likeness (QED) is 0.884. The van der Waals surface area contributed by atoms with Crippen LogP contribution in [0.2, 0.25) is 0 Å². The number of hydrogen-bond acceptors (Lipinski definition) is 5. The fraction of sp³-hybridized carbons (Fsp3) is 0.312. The lowest BCUT2D eigenvalue weighted by molar-refractivity contribution is 0.177. The largest absolute Gasteiger partial charge is 0.493 e. The normalized spacial score (nSPS) is 11.8. The number of hydrogen-bond donors (Lipinski definition) is 1. The number of rotatable bonds is 6. The fourth-order valence-corrected chi connectivity index (χ4v) is 2.15. The monoisotopic (exact) mass is 289 g/mol. The van der Waals surface area contributed by atoms with Crippen molar-refractivity contribution in [3.8, 4) is 17.2 Å². The van der Waals surface area contributed by atoms with Crippen LogP contribution >= 0.6 is 0 Å². The third-order valence-corrected chi connectivity index (χ3v) is 3.25. The molecule has 0 spiro atoms. The molecule has 0 fully saturated rings. The first-order valence-corrected chi connectivity index (χ1v) is 6.56. The topological polar surface area (TPSA) is 60.8 Å². The van der Waals surface area contributed by atoms with Crippen LogP contribution in [0.1, 0.15) is 17.2 Å². The molecule has 0 saturated heterocycles. The zero-order valence-electron chi connectivity index (χ0n) is 12.4. The van der Waals surface area contributed by atoms with E-state index in [-0.39, 0.29) is 0 Å². The Morgan fingerprint density at radius 2 is 1.57 bits per heavy atom. The number of pyridine rings is 1. The minimum atomic E-state index is -0.666. The molecule has 1 aromatic carbocycles. The van der Waals surface area contributed by atoms with Gasteiger partial charge in [0.05, 0.1) is 27.4 Å². The molecule has 5 heteroatoms. The van der Waals surface area contributed by atoms with Crippen LogP contribution in [0.25, 0.3) is 0 Å². The van der Waals surface area contributed by atoms with E-state index in [1.54, 1.807) is 45.9 Å². The molecule has 0 aliphatic heterocycles. The maximum atomic E-state index is 10.4. The number of aromatic nitrogens is 1. The molecule has 1 unspecified atom stereocenters. The van der Waals surface area contributed by atoms with Gasteiger partial charge in [0.1, 0.15) is 0 Å². The molecule has 1 aromatic heterocycles. The van der Waals surface area contributed by atoms with Crippen LogP contribution in [0.15, 0.2) is 36.7 Å². The van der Waals surface area contributed by atoms with E-state index < -0.39 is 6.10 Å². The van der Waals surface area contributed by atoms with E-state index in [9.17, 15) is 5.11 Å². The number of ether oxygens (including phenoxy) is 3. The lowest BCUT2D eigenvalue weighted by Gasteiger charge is -2.17. The van der Waals surface area contributed by atoms with E-state index in [2.05, 4.69) is 4.98 Å². The lowest BCUT2D eigenvalue weighted by atomic mass is 10.0. The minimum absolute atomic E-state index is 0.487. The summed E-state index contributed by atoms with van der Waals surface area (Å²) in [5.41, 5.74) is 1.72. The third-order valence-electron chi connectivity index (χ3n) is 3.25. The molecule has 2 aromatic rings. The van der Waals surface area contributed by atoms with Crippen LogP contribution in [-0.2, 0) is 6.42 Å². The second-order valence-electron chi connectivity index (χ2n) is 4.53. The first-order valence-electron chi connectivity index (χ1n) is 6.56. The van der Waals surface area contributed by atoms with Crippen molar-refractivity contribution < 1.29 is 19.3 Å². The average molecular weight is 289 g/mol. The molecule has 1 atom stereocenters. The molecule has 1 N–H and O–H groups in total. The van der Waals surface area contributed by atoms with Crippen molar-refractivity contribution in [2.75, 3.05) is 21.3 Å². The number of methoxy groups -OCH3 is 3. The number of aliphatic hydroxyl groups excluding tert-OH is 1. The Hall–Kier alpha value is -2.27. The van der Waals surface area contributed by atoms with E-state index in [4.69, 9.17) is 14.2 Å². The predicted molar refractivity (Wildman–Crippen MR) is 79.0 cm³/mol. The fourth-order valence-electron chi connectivity index (χ4n) is 2.15. The highest BCUT2D eigenvalue weighted by Crippen LogP contribution is 2.40. The maximum absolute atomic E-state index is 10.4. The highest BCUT2D eigenvalue weighted by Gasteiger charge is 2.17. The smallest absolute Gasteiger partial charge is 0.203 e. The maximum Gasteiger partial charge on any atom is 0.203 e. The molecule has 112 valence electrons. The van der Waals surface area contributed by atoms with Crippen molar-refractivity contribution in [3.63, 3.8) is 0 Å². The molecule has 5 nitrogen and oxygen atoms in total. The summed E-state index contributed by atoms with van der Waals surface area (Å²) in [6.07, 6.45) is 3.23. The molecule has 0 bridgehead atoms. The Balaban J connectivity index is 2.30. The van der Waals surface area contributed by atoms with Gasteiger partial charge in [-0.2, -0.15) is 0 Å². The van der Waals surface area contributed by atoms with Gasteiger partial charge in [0.25, 0.3) is 0 Å². The second-order valence-corrected chi connectivity index (χ2v) is 4.53. The summed E-state index contributed by atoms with van der Waals surface area (Å²) in [5, 5.41) is 10.4. The van der Waals surface area contributed by atoms with E-state index in [1.807, 2.05) is 12.1 Å². The molecule has 21 heavy (non-hydrogen) atoms. The van der Waals surface area contributed by atoms with Crippen LogP contribution in [0.4, 0.5) is 0 Å². The van der Waals surface area contributed by atoms with Crippen LogP contribution in [0.5, 0.6) is 17.2 Å². The van der Waals surface area contributed by atoms with Gasteiger partial charge >= 0.3 is 0 Å². The van der Waals surface area contributed by atoms with Crippen LogP contribution in [0, 0.1) is 0 Å². The van der Waals surface area contributed by atoms with Crippen LogP contribution in [0.3, 0.4) is 0 Å². The molecular formula is C16H19NO4. The van der Waals surface area contributed by atoms with Crippen molar-refractivity contribution in [2.24, 2.45) is 0 Å². The SMILES string of the molecule is COc1cc(C(O)Cc2ccncc2)cc(OC)c1OC. The molecule has 2 rings (SSSR count). The second kappa shape index (κ2) is 6.95. The van der Waals surface area contributed by atoms with Crippen LogP contribution < -0.4 is 14.2 Å². The summed E-state index contributed by atoms with van der Waals surface area (Å²) in [6.45, 7) is 0. The average Bonchev–Trinajstić information content (AvgIpc) is 2.54. The minimum Gasteiger partial charge on any atom is -0.493 e. The lowest BCUT2D eigenvalue weighted by Crippen LogP contribution is -2.04. The zero-order chi connectivity index (χ0) is 15.2. The Morgan fingerprint density at radius 3 is 2.05 bits per heavy atom. The van der Waals surface area contributed by atoms with Crippen molar-refractivity contribution in [1.29, 1.82) is 0 Å². The molecule has 0 amide bonds. The van der Waals surface area contributed by atoms with Gasteiger partial charge in [-0.3, -0.25) is 4.98 Å². The molecule has 1 heterocycles. The molecule has 0 radical (unpaired) electrons. The van der Waals surface area contributed by atoms with Crippen molar-refractivity contribution in [1.82, 2.24) is 4.98 Å². The number of nitrogens with zero attached hydrogens (tertiary/aromatic N) is 1. The van der Waals surface area contributed by atoms with Crippen molar-refractivity contribution >= 4 is 0 Å². The van der Waals surface area contributed by atoms with Gasteiger partial charge in [0.2, 0.25) is 5.75 Å². The summed E-state index contributed by atoms with van der Waals surface area (Å²) in [5.74, 6) is 1.57. The summed E-state index contributed by atoms with van der Waals surface area (Å²) in [7, 11) is 4.65. The van der Waals surface area contributed by atoms with Gasteiger partial charge < -0.3 is 19.3 Å². The van der Waals surface area contributed by atoms with Crippen molar-refractivity contribution in [2.45, 2.75) is 12.5 Å². The third kappa shape index (κ3) is 3.44. The van der Waals surface area contributed by atoms with Crippen molar-refractivity contribution in [3.05, 3.63) is 47.8 Å². The summed E-state index contributed by atoms with van der Waals surface area (Å²) >= 11 is 0. The molecule has 0 aliphatic carbocycles. The van der Waals surface area contributed by atoms with Gasteiger partial charge in [-0.05, 0) is 35.4 Å². The molecule has 0 aliphatic rings. The Bertz CT molecular complexity index is 561. The van der Waals surface area contributed by atoms with Gasteiger partial charge in [0.15, 0.2) is 11.5 Å².